The molecule has 0 N–H and O–H groups in total. The fourth-order valence-corrected chi connectivity index (χ4v) is 8.52. The highest BCUT2D eigenvalue weighted by atomic mass is 15.1. The maximum atomic E-state index is 9.94. The number of hydrogen-bond donors (Lipinski definition) is 0. The summed E-state index contributed by atoms with van der Waals surface area (Å²) in [5.74, 6) is 1.62. The highest BCUT2D eigenvalue weighted by molar-refractivity contribution is 6.11. The number of hydrogen-bond acceptors (Lipinski definition) is 5. The Morgan fingerprint density at radius 3 is 1.33 bits per heavy atom. The first-order valence-electron chi connectivity index (χ1n) is 19.6. The molecule has 0 radical (unpaired) electrons. The Morgan fingerprint density at radius 1 is 0.333 bits per heavy atom. The Balaban J connectivity index is 1.23. The van der Waals surface area contributed by atoms with Crippen molar-refractivity contribution in [3.8, 4) is 68.8 Å². The van der Waals surface area contributed by atoms with Gasteiger partial charge in [-0.15, -0.1) is 0 Å². The molecule has 3 aromatic heterocycles. The molecule has 7 heteroatoms. The molecule has 0 unspecified atom stereocenters. The summed E-state index contributed by atoms with van der Waals surface area (Å²) in [6, 6.07) is 68.1. The summed E-state index contributed by atoms with van der Waals surface area (Å²) in [7, 11) is 0. The molecule has 0 aliphatic carbocycles. The second kappa shape index (κ2) is 14.1. The maximum Gasteiger partial charge on any atom is 0.166 e. The summed E-state index contributed by atoms with van der Waals surface area (Å²) < 4.78 is 4.54. The topological polar surface area (TPSA) is 96.1 Å². The molecule has 0 amide bonds. The van der Waals surface area contributed by atoms with Gasteiger partial charge in [0.1, 0.15) is 0 Å². The van der Waals surface area contributed by atoms with Crippen LogP contribution in [-0.2, 0) is 0 Å². The van der Waals surface area contributed by atoms with Gasteiger partial charge in [-0.05, 0) is 72.3 Å². The zero-order chi connectivity index (χ0) is 40.2. The zero-order valence-electron chi connectivity index (χ0n) is 32.0. The van der Waals surface area contributed by atoms with Crippen molar-refractivity contribution < 1.29 is 0 Å². The third kappa shape index (κ3) is 5.61. The number of para-hydroxylation sites is 3. The van der Waals surface area contributed by atoms with Gasteiger partial charge in [0.15, 0.2) is 17.5 Å². The van der Waals surface area contributed by atoms with Crippen molar-refractivity contribution in [2.24, 2.45) is 0 Å². The van der Waals surface area contributed by atoms with E-state index in [4.69, 9.17) is 15.0 Å². The second-order valence-electron chi connectivity index (χ2n) is 14.7. The average molecular weight is 766 g/mol. The number of aromatic nitrogens is 5. The molecule has 11 rings (SSSR count). The van der Waals surface area contributed by atoms with E-state index in [1.54, 1.807) is 0 Å². The largest absolute Gasteiger partial charge is 0.309 e. The van der Waals surface area contributed by atoms with Gasteiger partial charge in [-0.2, -0.15) is 10.5 Å². The van der Waals surface area contributed by atoms with Crippen molar-refractivity contribution in [3.05, 3.63) is 199 Å². The molecular weight excluding hydrogens is 735 g/mol. The van der Waals surface area contributed by atoms with E-state index in [0.717, 1.165) is 72.0 Å². The van der Waals surface area contributed by atoms with Crippen molar-refractivity contribution in [2.45, 2.75) is 0 Å². The Hall–Kier alpha value is -8.65. The average Bonchev–Trinajstić information content (AvgIpc) is 3.83. The molecule has 0 fully saturated rings. The number of benzene rings is 8. The quantitative estimate of drug-likeness (QED) is 0.168. The van der Waals surface area contributed by atoms with Crippen LogP contribution in [0.15, 0.2) is 188 Å². The van der Waals surface area contributed by atoms with Crippen LogP contribution in [0.3, 0.4) is 0 Å². The fraction of sp³-hybridized carbons (Fsp3) is 0. The molecule has 0 bridgehead atoms. The van der Waals surface area contributed by atoms with E-state index < -0.39 is 0 Å². The van der Waals surface area contributed by atoms with E-state index in [2.05, 4.69) is 112 Å². The Kier molecular flexibility index (Phi) is 8.11. The summed E-state index contributed by atoms with van der Waals surface area (Å²) in [5, 5.41) is 24.0. The minimum atomic E-state index is 0.506. The third-order valence-electron chi connectivity index (χ3n) is 11.2. The van der Waals surface area contributed by atoms with E-state index in [0.29, 0.717) is 28.6 Å². The van der Waals surface area contributed by atoms with E-state index in [9.17, 15) is 10.5 Å². The minimum absolute atomic E-state index is 0.506. The fourth-order valence-electron chi connectivity index (χ4n) is 8.52. The van der Waals surface area contributed by atoms with Crippen LogP contribution in [-0.4, -0.2) is 24.1 Å². The van der Waals surface area contributed by atoms with Crippen LogP contribution in [0.5, 0.6) is 0 Å². The minimum Gasteiger partial charge on any atom is -0.309 e. The van der Waals surface area contributed by atoms with E-state index in [-0.39, 0.29) is 0 Å². The predicted octanol–water partition coefficient (Wildman–Crippen LogP) is 12.5. The molecule has 0 saturated carbocycles. The molecule has 278 valence electrons. The molecular formula is C53H31N7. The highest BCUT2D eigenvalue weighted by Gasteiger charge is 2.22. The van der Waals surface area contributed by atoms with Crippen LogP contribution >= 0.6 is 0 Å². The number of nitriles is 2. The number of nitrogens with zero attached hydrogens (tertiary/aromatic N) is 7. The van der Waals surface area contributed by atoms with Gasteiger partial charge in [0.2, 0.25) is 0 Å². The van der Waals surface area contributed by atoms with E-state index in [1.165, 1.54) is 10.8 Å². The molecule has 0 atom stereocenters. The van der Waals surface area contributed by atoms with Crippen LogP contribution in [0.25, 0.3) is 100 Å². The molecule has 3 heterocycles. The van der Waals surface area contributed by atoms with Gasteiger partial charge in [0.25, 0.3) is 0 Å². The van der Waals surface area contributed by atoms with Crippen LogP contribution in [0.2, 0.25) is 0 Å². The molecule has 11 aromatic rings. The van der Waals surface area contributed by atoms with Crippen LogP contribution in [0, 0.1) is 22.7 Å². The highest BCUT2D eigenvalue weighted by Crippen LogP contribution is 2.41. The first kappa shape index (κ1) is 34.6. The maximum absolute atomic E-state index is 9.94. The molecule has 0 aliphatic heterocycles. The van der Waals surface area contributed by atoms with E-state index >= 15 is 0 Å². The monoisotopic (exact) mass is 765 g/mol. The van der Waals surface area contributed by atoms with Crippen molar-refractivity contribution in [1.82, 2.24) is 24.1 Å². The predicted molar refractivity (Wildman–Crippen MR) is 240 cm³/mol. The summed E-state index contributed by atoms with van der Waals surface area (Å²) in [4.78, 5) is 15.5. The lowest BCUT2D eigenvalue weighted by atomic mass is 9.99. The van der Waals surface area contributed by atoms with Crippen molar-refractivity contribution in [1.29, 1.82) is 10.5 Å². The zero-order valence-corrected chi connectivity index (χ0v) is 32.0. The summed E-state index contributed by atoms with van der Waals surface area (Å²) in [6.07, 6.45) is 0. The molecule has 0 spiro atoms. The lowest BCUT2D eigenvalue weighted by Crippen LogP contribution is -2.04. The normalized spacial score (nSPS) is 11.3. The van der Waals surface area contributed by atoms with Crippen LogP contribution in [0.4, 0.5) is 0 Å². The van der Waals surface area contributed by atoms with Crippen molar-refractivity contribution in [2.75, 3.05) is 0 Å². The van der Waals surface area contributed by atoms with Gasteiger partial charge in [0.05, 0.1) is 56.7 Å². The van der Waals surface area contributed by atoms with Gasteiger partial charge < -0.3 is 9.13 Å². The Morgan fingerprint density at radius 2 is 0.783 bits per heavy atom. The van der Waals surface area contributed by atoms with Crippen LogP contribution in [0.1, 0.15) is 11.1 Å². The van der Waals surface area contributed by atoms with Crippen LogP contribution < -0.4 is 0 Å². The van der Waals surface area contributed by atoms with Gasteiger partial charge in [0, 0.05) is 43.8 Å². The molecule has 7 nitrogen and oxygen atoms in total. The third-order valence-corrected chi connectivity index (χ3v) is 11.2. The summed E-state index contributed by atoms with van der Waals surface area (Å²) in [5.41, 5.74) is 11.5. The number of rotatable bonds is 6. The summed E-state index contributed by atoms with van der Waals surface area (Å²) >= 11 is 0. The lowest BCUT2D eigenvalue weighted by molar-refractivity contribution is 1.06. The Bertz CT molecular complexity index is 3390. The Labute approximate surface area is 345 Å². The lowest BCUT2D eigenvalue weighted by Gasteiger charge is -2.18. The molecule has 0 aliphatic rings. The number of fused-ring (bicyclic) bond motifs is 6. The van der Waals surface area contributed by atoms with Crippen molar-refractivity contribution >= 4 is 43.6 Å². The van der Waals surface area contributed by atoms with E-state index in [1.807, 2.05) is 97.1 Å². The molecule has 0 saturated heterocycles. The standard InChI is InChI=1S/C53H31N7/c54-32-34-23-26-48-42(29-34)43-30-35(33-55)24-27-49(43)60(48)50-28-25-38(39-17-7-10-20-45(39)59-46-21-11-8-18-40(46)41-19-9-12-22-47(41)59)31-44(50)53-57-51(36-13-3-1-4-14-36)56-52(58-53)37-15-5-2-6-16-37/h1-31H. The van der Waals surface area contributed by atoms with Gasteiger partial charge in [-0.3, -0.25) is 0 Å². The summed E-state index contributed by atoms with van der Waals surface area (Å²) in [6.45, 7) is 0. The second-order valence-corrected chi connectivity index (χ2v) is 14.7. The first-order valence-corrected chi connectivity index (χ1v) is 19.6. The smallest absolute Gasteiger partial charge is 0.166 e. The van der Waals surface area contributed by atoms with Crippen molar-refractivity contribution in [3.63, 3.8) is 0 Å². The molecule has 8 aromatic carbocycles. The van der Waals surface area contributed by atoms with Gasteiger partial charge >= 0.3 is 0 Å². The molecule has 60 heavy (non-hydrogen) atoms. The van der Waals surface area contributed by atoms with Gasteiger partial charge in [-0.1, -0.05) is 121 Å². The van der Waals surface area contributed by atoms with Gasteiger partial charge in [-0.25, -0.2) is 15.0 Å². The SMILES string of the molecule is N#Cc1ccc2c(c1)c1cc(C#N)ccc1n2-c1ccc(-c2ccccc2-n2c3ccccc3c3ccccc32)cc1-c1nc(-c2ccccc2)nc(-c2ccccc2)n1. The first-order chi connectivity index (χ1) is 29.7.